The number of hydrogen-bond donors (Lipinski definition) is 2. The molecule has 70 valence electrons. The molecule has 0 fully saturated rings. The van der Waals surface area contributed by atoms with Crippen molar-refractivity contribution in [2.75, 3.05) is 0 Å². The zero-order valence-electron chi connectivity index (χ0n) is 6.78. The maximum absolute atomic E-state index is 10.5. The SMILES string of the molecule is Br.O=C(O)c1cc2c(cn1)CNC2. The van der Waals surface area contributed by atoms with Crippen molar-refractivity contribution in [2.24, 2.45) is 0 Å². The molecule has 0 radical (unpaired) electrons. The number of nitrogens with zero attached hydrogens (tertiary/aromatic N) is 1. The normalized spacial score (nSPS) is 13.2. The predicted molar refractivity (Wildman–Crippen MR) is 52.1 cm³/mol. The van der Waals surface area contributed by atoms with Gasteiger partial charge in [0.1, 0.15) is 5.69 Å². The van der Waals surface area contributed by atoms with Crippen LogP contribution in [-0.2, 0) is 13.1 Å². The molecule has 0 spiro atoms. The molecule has 1 aliphatic heterocycles. The number of rotatable bonds is 1. The molecule has 5 heteroatoms. The lowest BCUT2D eigenvalue weighted by molar-refractivity contribution is 0.0690. The molecule has 2 rings (SSSR count). The van der Waals surface area contributed by atoms with Crippen molar-refractivity contribution < 1.29 is 9.90 Å². The summed E-state index contributed by atoms with van der Waals surface area (Å²) >= 11 is 0. The highest BCUT2D eigenvalue weighted by Crippen LogP contribution is 2.14. The van der Waals surface area contributed by atoms with E-state index < -0.39 is 5.97 Å². The van der Waals surface area contributed by atoms with Crippen molar-refractivity contribution in [1.29, 1.82) is 0 Å². The summed E-state index contributed by atoms with van der Waals surface area (Å²) in [5, 5.41) is 11.8. The van der Waals surface area contributed by atoms with E-state index in [-0.39, 0.29) is 22.7 Å². The molecule has 0 unspecified atom stereocenters. The smallest absolute Gasteiger partial charge is 0.354 e. The van der Waals surface area contributed by atoms with E-state index >= 15 is 0 Å². The molecule has 1 aromatic heterocycles. The van der Waals surface area contributed by atoms with Crippen LogP contribution in [0.4, 0.5) is 0 Å². The number of carboxylic acid groups (broad SMARTS) is 1. The van der Waals surface area contributed by atoms with Crippen LogP contribution in [0.15, 0.2) is 12.3 Å². The van der Waals surface area contributed by atoms with Crippen molar-refractivity contribution >= 4 is 23.0 Å². The number of hydrogen-bond acceptors (Lipinski definition) is 3. The van der Waals surface area contributed by atoms with Crippen LogP contribution in [0, 0.1) is 0 Å². The summed E-state index contributed by atoms with van der Waals surface area (Å²) in [5.41, 5.74) is 2.26. The first kappa shape index (κ1) is 10.1. The number of carboxylic acids is 1. The lowest BCUT2D eigenvalue weighted by atomic mass is 10.1. The molecule has 2 heterocycles. The second-order valence-electron chi connectivity index (χ2n) is 2.75. The summed E-state index contributed by atoms with van der Waals surface area (Å²) < 4.78 is 0. The summed E-state index contributed by atoms with van der Waals surface area (Å²) in [6.45, 7) is 1.54. The van der Waals surface area contributed by atoms with Gasteiger partial charge in [-0.1, -0.05) is 0 Å². The van der Waals surface area contributed by atoms with Gasteiger partial charge in [-0.3, -0.25) is 0 Å². The van der Waals surface area contributed by atoms with Crippen molar-refractivity contribution in [3.05, 3.63) is 29.1 Å². The molecular weight excluding hydrogens is 236 g/mol. The second-order valence-corrected chi connectivity index (χ2v) is 2.75. The van der Waals surface area contributed by atoms with Gasteiger partial charge in [0.05, 0.1) is 0 Å². The fourth-order valence-electron chi connectivity index (χ4n) is 1.30. The van der Waals surface area contributed by atoms with Crippen molar-refractivity contribution in [3.8, 4) is 0 Å². The highest BCUT2D eigenvalue weighted by atomic mass is 79.9. The number of fused-ring (bicyclic) bond motifs is 1. The summed E-state index contributed by atoms with van der Waals surface area (Å²) in [6, 6.07) is 1.62. The maximum Gasteiger partial charge on any atom is 0.354 e. The van der Waals surface area contributed by atoms with Crippen molar-refractivity contribution in [3.63, 3.8) is 0 Å². The Kier molecular flexibility index (Phi) is 3.00. The monoisotopic (exact) mass is 244 g/mol. The molecule has 1 aromatic rings. The summed E-state index contributed by atoms with van der Waals surface area (Å²) in [6.07, 6.45) is 1.62. The first-order valence-electron chi connectivity index (χ1n) is 3.69. The minimum atomic E-state index is -0.968. The van der Waals surface area contributed by atoms with E-state index in [1.54, 1.807) is 12.3 Å². The highest BCUT2D eigenvalue weighted by molar-refractivity contribution is 8.93. The summed E-state index contributed by atoms with van der Waals surface area (Å²) in [5.74, 6) is -0.968. The third-order valence-electron chi connectivity index (χ3n) is 1.93. The van der Waals surface area contributed by atoms with Crippen LogP contribution in [0.2, 0.25) is 0 Å². The number of nitrogens with one attached hydrogen (secondary N) is 1. The van der Waals surface area contributed by atoms with Gasteiger partial charge in [0.15, 0.2) is 0 Å². The Morgan fingerprint density at radius 3 is 2.85 bits per heavy atom. The number of aromatic nitrogens is 1. The Hall–Kier alpha value is -0.940. The van der Waals surface area contributed by atoms with Crippen LogP contribution in [0.25, 0.3) is 0 Å². The Labute approximate surface area is 85.8 Å². The fraction of sp³-hybridized carbons (Fsp3) is 0.250. The van der Waals surface area contributed by atoms with Gasteiger partial charge in [-0.2, -0.15) is 0 Å². The van der Waals surface area contributed by atoms with Crippen LogP contribution in [-0.4, -0.2) is 16.1 Å². The Morgan fingerprint density at radius 1 is 1.46 bits per heavy atom. The van der Waals surface area contributed by atoms with Crippen LogP contribution < -0.4 is 5.32 Å². The van der Waals surface area contributed by atoms with Gasteiger partial charge in [0.25, 0.3) is 0 Å². The van der Waals surface area contributed by atoms with Crippen LogP contribution in [0.5, 0.6) is 0 Å². The van der Waals surface area contributed by atoms with Crippen molar-refractivity contribution in [2.45, 2.75) is 13.1 Å². The number of pyridine rings is 1. The van der Waals surface area contributed by atoms with E-state index in [0.29, 0.717) is 0 Å². The lowest BCUT2D eigenvalue weighted by Gasteiger charge is -1.97. The van der Waals surface area contributed by atoms with E-state index in [1.165, 1.54) is 0 Å². The molecule has 0 aromatic carbocycles. The fourth-order valence-corrected chi connectivity index (χ4v) is 1.30. The Bertz CT molecular complexity index is 341. The van der Waals surface area contributed by atoms with Gasteiger partial charge in [-0.15, -0.1) is 17.0 Å². The molecule has 0 aliphatic carbocycles. The van der Waals surface area contributed by atoms with E-state index in [4.69, 9.17) is 5.11 Å². The van der Waals surface area contributed by atoms with Crippen LogP contribution in [0.3, 0.4) is 0 Å². The predicted octanol–water partition coefficient (Wildman–Crippen LogP) is 0.961. The standard InChI is InChI=1S/C8H8N2O2.BrH/c11-8(12)7-1-5-2-9-3-6(5)4-10-7;/h1,4,9H,2-3H2,(H,11,12);1H. The molecule has 0 saturated heterocycles. The largest absolute Gasteiger partial charge is 0.477 e. The molecule has 0 atom stereocenters. The maximum atomic E-state index is 10.5. The van der Waals surface area contributed by atoms with Gasteiger partial charge in [-0.05, 0) is 17.2 Å². The molecule has 0 saturated carbocycles. The molecular formula is C8H9BrN2O2. The zero-order valence-corrected chi connectivity index (χ0v) is 8.49. The molecule has 2 N–H and O–H groups in total. The summed E-state index contributed by atoms with van der Waals surface area (Å²) in [7, 11) is 0. The number of halogens is 1. The minimum Gasteiger partial charge on any atom is -0.477 e. The van der Waals surface area contributed by atoms with Crippen molar-refractivity contribution in [1.82, 2.24) is 10.3 Å². The number of aromatic carboxylic acids is 1. The van der Waals surface area contributed by atoms with Gasteiger partial charge >= 0.3 is 5.97 Å². The highest BCUT2D eigenvalue weighted by Gasteiger charge is 2.13. The number of carbonyl (C=O) groups is 1. The van der Waals surface area contributed by atoms with E-state index in [2.05, 4.69) is 10.3 Å². The summed E-state index contributed by atoms with van der Waals surface area (Å²) in [4.78, 5) is 14.3. The average molecular weight is 245 g/mol. The minimum absolute atomic E-state index is 0. The van der Waals surface area contributed by atoms with Gasteiger partial charge < -0.3 is 10.4 Å². The molecule has 0 bridgehead atoms. The van der Waals surface area contributed by atoms with E-state index in [0.717, 1.165) is 24.2 Å². The van der Waals surface area contributed by atoms with Crippen LogP contribution >= 0.6 is 17.0 Å². The second kappa shape index (κ2) is 3.85. The lowest BCUT2D eigenvalue weighted by Crippen LogP contribution is -2.01. The van der Waals surface area contributed by atoms with E-state index in [1.807, 2.05) is 0 Å². The topological polar surface area (TPSA) is 62.2 Å². The van der Waals surface area contributed by atoms with E-state index in [9.17, 15) is 4.79 Å². The first-order valence-corrected chi connectivity index (χ1v) is 3.69. The first-order chi connectivity index (χ1) is 5.77. The quantitative estimate of drug-likeness (QED) is 0.773. The third kappa shape index (κ3) is 1.87. The molecule has 1 aliphatic rings. The van der Waals surface area contributed by atoms with Gasteiger partial charge in [0.2, 0.25) is 0 Å². The Morgan fingerprint density at radius 2 is 2.15 bits per heavy atom. The average Bonchev–Trinajstić information content (AvgIpc) is 2.49. The molecule has 4 nitrogen and oxygen atoms in total. The van der Waals surface area contributed by atoms with Gasteiger partial charge in [-0.25, -0.2) is 9.78 Å². The van der Waals surface area contributed by atoms with Gasteiger partial charge in [0, 0.05) is 19.3 Å². The van der Waals surface area contributed by atoms with Crippen LogP contribution in [0.1, 0.15) is 21.6 Å². The zero-order chi connectivity index (χ0) is 8.55. The third-order valence-corrected chi connectivity index (χ3v) is 1.93. The Balaban J connectivity index is 0.000000845. The molecule has 0 amide bonds. The molecule has 13 heavy (non-hydrogen) atoms.